The lowest BCUT2D eigenvalue weighted by molar-refractivity contribution is -0.134. The number of carboxylic acids is 2. The second-order valence-corrected chi connectivity index (χ2v) is 7.30. The molecule has 152 valence electrons. The molecule has 29 heavy (non-hydrogen) atoms. The molecule has 0 radical (unpaired) electrons. The van der Waals surface area contributed by atoms with Gasteiger partial charge in [-0.3, -0.25) is 0 Å². The number of rotatable bonds is 7. The second kappa shape index (κ2) is 11.0. The molecule has 1 heterocycles. The van der Waals surface area contributed by atoms with E-state index in [9.17, 15) is 9.59 Å². The summed E-state index contributed by atoms with van der Waals surface area (Å²) in [5, 5.41) is 20.0. The van der Waals surface area contributed by atoms with Crippen molar-refractivity contribution in [2.75, 3.05) is 0 Å². The lowest BCUT2D eigenvalue weighted by Gasteiger charge is -2.21. The Morgan fingerprint density at radius 2 is 1.69 bits per heavy atom. The monoisotopic (exact) mass is 413 g/mol. The lowest BCUT2D eigenvalue weighted by atomic mass is 10.1. The van der Waals surface area contributed by atoms with E-state index in [2.05, 4.69) is 35.7 Å². The van der Waals surface area contributed by atoms with Crippen LogP contribution in [0, 0.1) is 0 Å². The van der Waals surface area contributed by atoms with Gasteiger partial charge in [-0.05, 0) is 29.8 Å². The van der Waals surface area contributed by atoms with E-state index in [1.807, 2.05) is 31.2 Å². The van der Waals surface area contributed by atoms with Crippen LogP contribution in [0.3, 0.4) is 0 Å². The average molecular weight is 413 g/mol. The van der Waals surface area contributed by atoms with Gasteiger partial charge in [-0.2, -0.15) is 0 Å². The topological polar surface area (TPSA) is 110 Å². The SMILES string of the molecule is CC(N)CC(Oc1cccc2ccccc12)c1cccs1.O=C(O)C=CC(=O)O. The zero-order valence-corrected chi connectivity index (χ0v) is 16.7. The van der Waals surface area contributed by atoms with E-state index in [0.717, 1.165) is 17.6 Å². The molecule has 2 unspecified atom stereocenters. The molecule has 0 saturated carbocycles. The number of fused-ring (bicyclic) bond motifs is 1. The Labute approximate surface area is 172 Å². The van der Waals surface area contributed by atoms with Crippen molar-refractivity contribution in [3.63, 3.8) is 0 Å². The minimum Gasteiger partial charge on any atom is -0.484 e. The average Bonchev–Trinajstić information content (AvgIpc) is 3.21. The molecular formula is C22H23NO5S. The van der Waals surface area contributed by atoms with E-state index in [0.29, 0.717) is 12.2 Å². The molecule has 1 aromatic heterocycles. The predicted octanol–water partition coefficient (Wildman–Crippen LogP) is 4.47. The number of ether oxygens (including phenoxy) is 1. The van der Waals surface area contributed by atoms with Crippen LogP contribution in [0.2, 0.25) is 0 Å². The van der Waals surface area contributed by atoms with Crippen LogP contribution in [-0.4, -0.2) is 28.2 Å². The normalized spacial score (nSPS) is 12.8. The van der Waals surface area contributed by atoms with Gasteiger partial charge < -0.3 is 20.7 Å². The summed E-state index contributed by atoms with van der Waals surface area (Å²) in [6.45, 7) is 2.02. The molecule has 0 aliphatic heterocycles. The number of carboxylic acid groups (broad SMARTS) is 2. The van der Waals surface area contributed by atoms with E-state index >= 15 is 0 Å². The van der Waals surface area contributed by atoms with Crippen LogP contribution in [0.5, 0.6) is 5.75 Å². The van der Waals surface area contributed by atoms with Crippen LogP contribution in [0.25, 0.3) is 10.8 Å². The summed E-state index contributed by atoms with van der Waals surface area (Å²) in [6, 6.07) is 18.7. The van der Waals surface area contributed by atoms with Crippen LogP contribution in [-0.2, 0) is 9.59 Å². The highest BCUT2D eigenvalue weighted by molar-refractivity contribution is 7.10. The highest BCUT2D eigenvalue weighted by Crippen LogP contribution is 2.33. The highest BCUT2D eigenvalue weighted by Gasteiger charge is 2.17. The third-order valence-electron chi connectivity index (χ3n) is 3.83. The van der Waals surface area contributed by atoms with E-state index in [1.54, 1.807) is 11.3 Å². The van der Waals surface area contributed by atoms with Gasteiger partial charge in [0.2, 0.25) is 0 Å². The fraction of sp³-hybridized carbons (Fsp3) is 0.182. The van der Waals surface area contributed by atoms with Crippen LogP contribution >= 0.6 is 11.3 Å². The van der Waals surface area contributed by atoms with Gasteiger partial charge in [0.25, 0.3) is 0 Å². The standard InChI is InChI=1S/C18H19NOS.C4H4O4/c1-13(19)12-17(18-10-5-11-21-18)20-16-9-4-7-14-6-2-3-8-15(14)16;5-3(6)1-2-4(7)8/h2-11,13,17H,12,19H2,1H3;1-2H,(H,5,6)(H,7,8). The van der Waals surface area contributed by atoms with Gasteiger partial charge in [-0.25, -0.2) is 9.59 Å². The number of benzene rings is 2. The van der Waals surface area contributed by atoms with Crippen molar-refractivity contribution in [1.82, 2.24) is 0 Å². The molecular weight excluding hydrogens is 390 g/mol. The Morgan fingerprint density at radius 1 is 1.03 bits per heavy atom. The van der Waals surface area contributed by atoms with Gasteiger partial charge in [-0.15, -0.1) is 11.3 Å². The number of hydrogen-bond donors (Lipinski definition) is 3. The molecule has 2 aromatic carbocycles. The van der Waals surface area contributed by atoms with Crippen molar-refractivity contribution in [2.45, 2.75) is 25.5 Å². The van der Waals surface area contributed by atoms with Crippen molar-refractivity contribution in [3.05, 3.63) is 77.0 Å². The maximum atomic E-state index is 9.55. The third-order valence-corrected chi connectivity index (χ3v) is 4.80. The zero-order valence-electron chi connectivity index (χ0n) is 15.9. The molecule has 4 N–H and O–H groups in total. The van der Waals surface area contributed by atoms with Gasteiger partial charge in [0.05, 0.1) is 0 Å². The summed E-state index contributed by atoms with van der Waals surface area (Å²) in [5.74, 6) is -1.59. The number of nitrogens with two attached hydrogens (primary N) is 1. The maximum absolute atomic E-state index is 9.55. The fourth-order valence-corrected chi connectivity index (χ4v) is 3.40. The van der Waals surface area contributed by atoms with Crippen LogP contribution < -0.4 is 10.5 Å². The first-order valence-electron chi connectivity index (χ1n) is 8.94. The summed E-state index contributed by atoms with van der Waals surface area (Å²) < 4.78 is 6.31. The molecule has 0 saturated heterocycles. The van der Waals surface area contributed by atoms with Crippen molar-refractivity contribution in [3.8, 4) is 5.75 Å². The van der Waals surface area contributed by atoms with Crippen molar-refractivity contribution in [2.24, 2.45) is 5.73 Å². The van der Waals surface area contributed by atoms with Crippen molar-refractivity contribution < 1.29 is 24.5 Å². The summed E-state index contributed by atoms with van der Waals surface area (Å²) in [6.07, 6.45) is 1.94. The molecule has 3 aromatic rings. The second-order valence-electron chi connectivity index (χ2n) is 6.32. The predicted molar refractivity (Wildman–Crippen MR) is 114 cm³/mol. The molecule has 3 rings (SSSR count). The highest BCUT2D eigenvalue weighted by atomic mass is 32.1. The Morgan fingerprint density at radius 3 is 2.28 bits per heavy atom. The molecule has 0 bridgehead atoms. The van der Waals surface area contributed by atoms with E-state index in [-0.39, 0.29) is 12.1 Å². The molecule has 7 heteroatoms. The summed E-state index contributed by atoms with van der Waals surface area (Å²) in [5.41, 5.74) is 5.99. The molecule has 0 amide bonds. The molecule has 2 atom stereocenters. The number of aliphatic carboxylic acids is 2. The first-order chi connectivity index (χ1) is 13.9. The van der Waals surface area contributed by atoms with Gasteiger partial charge in [0, 0.05) is 34.9 Å². The molecule has 0 aliphatic rings. The van der Waals surface area contributed by atoms with E-state index in [1.165, 1.54) is 10.3 Å². The molecule has 0 spiro atoms. The minimum absolute atomic E-state index is 0.0100. The quantitative estimate of drug-likeness (QED) is 0.493. The Balaban J connectivity index is 0.000000321. The van der Waals surface area contributed by atoms with Crippen LogP contribution in [0.4, 0.5) is 0 Å². The molecule has 0 fully saturated rings. The maximum Gasteiger partial charge on any atom is 0.328 e. The number of carbonyl (C=O) groups is 2. The first-order valence-corrected chi connectivity index (χ1v) is 9.82. The third kappa shape index (κ3) is 7.40. The smallest absolute Gasteiger partial charge is 0.328 e. The largest absolute Gasteiger partial charge is 0.484 e. The Hall–Kier alpha value is -3.16. The molecule has 6 nitrogen and oxygen atoms in total. The van der Waals surface area contributed by atoms with Gasteiger partial charge in [0.1, 0.15) is 11.9 Å². The van der Waals surface area contributed by atoms with E-state index < -0.39 is 11.9 Å². The molecule has 0 aliphatic carbocycles. The van der Waals surface area contributed by atoms with Crippen molar-refractivity contribution in [1.29, 1.82) is 0 Å². The number of hydrogen-bond acceptors (Lipinski definition) is 5. The zero-order chi connectivity index (χ0) is 21.2. The lowest BCUT2D eigenvalue weighted by Crippen LogP contribution is -2.21. The summed E-state index contributed by atoms with van der Waals surface area (Å²) in [7, 11) is 0. The Bertz CT molecular complexity index is 945. The fourth-order valence-electron chi connectivity index (χ4n) is 2.63. The number of thiophene rings is 1. The van der Waals surface area contributed by atoms with Gasteiger partial charge >= 0.3 is 11.9 Å². The van der Waals surface area contributed by atoms with Crippen LogP contribution in [0.1, 0.15) is 24.3 Å². The van der Waals surface area contributed by atoms with Crippen molar-refractivity contribution >= 4 is 34.0 Å². The Kier molecular flexibility index (Phi) is 8.39. The first kappa shape index (κ1) is 22.1. The van der Waals surface area contributed by atoms with Crippen LogP contribution in [0.15, 0.2) is 72.1 Å². The summed E-state index contributed by atoms with van der Waals surface area (Å²) >= 11 is 1.72. The minimum atomic E-state index is -1.26. The summed E-state index contributed by atoms with van der Waals surface area (Å²) in [4.78, 5) is 20.3. The van der Waals surface area contributed by atoms with E-state index in [4.69, 9.17) is 20.7 Å². The van der Waals surface area contributed by atoms with Gasteiger partial charge in [0.15, 0.2) is 0 Å². The van der Waals surface area contributed by atoms with Gasteiger partial charge in [-0.1, -0.05) is 42.5 Å².